The molecule has 1 saturated heterocycles. The number of nitrogens with zero attached hydrogens (tertiary/aromatic N) is 1. The summed E-state index contributed by atoms with van der Waals surface area (Å²) in [6.07, 6.45) is 2.18. The molecule has 1 aliphatic rings. The van der Waals surface area contributed by atoms with Crippen LogP contribution in [0.1, 0.15) is 35.1 Å². The monoisotopic (exact) mass is 239 g/mol. The van der Waals surface area contributed by atoms with E-state index in [1.807, 2.05) is 6.92 Å². The van der Waals surface area contributed by atoms with Gasteiger partial charge in [-0.25, -0.2) is 4.98 Å². The van der Waals surface area contributed by atoms with Crippen LogP contribution in [-0.4, -0.2) is 29.5 Å². The fraction of sp³-hybridized carbons (Fsp3) is 0.636. The van der Waals surface area contributed by atoms with Gasteiger partial charge in [0.1, 0.15) is 4.88 Å². The normalized spacial score (nSPS) is 25.4. The first-order valence-corrected chi connectivity index (χ1v) is 6.51. The fourth-order valence-corrected chi connectivity index (χ4v) is 2.70. The Morgan fingerprint density at radius 2 is 2.50 bits per heavy atom. The van der Waals surface area contributed by atoms with Crippen molar-refractivity contribution in [3.05, 3.63) is 16.1 Å². The summed E-state index contributed by atoms with van der Waals surface area (Å²) in [5.41, 5.74) is 2.53. The van der Waals surface area contributed by atoms with Crippen LogP contribution in [0.5, 0.6) is 0 Å². The number of nitrogens with one attached hydrogen (secondary N) is 2. The molecule has 0 saturated carbocycles. The lowest BCUT2D eigenvalue weighted by Crippen LogP contribution is -2.51. The molecular formula is C11H17N3OS. The van der Waals surface area contributed by atoms with Crippen LogP contribution in [0.3, 0.4) is 0 Å². The summed E-state index contributed by atoms with van der Waals surface area (Å²) < 4.78 is 0. The second-order valence-corrected chi connectivity index (χ2v) is 5.09. The van der Waals surface area contributed by atoms with Crippen LogP contribution in [0, 0.1) is 6.92 Å². The molecule has 0 aliphatic carbocycles. The van der Waals surface area contributed by atoms with E-state index in [0.717, 1.165) is 30.0 Å². The average Bonchev–Trinajstić information content (AvgIpc) is 2.68. The van der Waals surface area contributed by atoms with Crippen LogP contribution >= 0.6 is 11.3 Å². The molecule has 0 bridgehead atoms. The quantitative estimate of drug-likeness (QED) is 0.818. The van der Waals surface area contributed by atoms with Gasteiger partial charge in [-0.3, -0.25) is 4.79 Å². The summed E-state index contributed by atoms with van der Waals surface area (Å²) in [5, 5.41) is 6.45. The van der Waals surface area contributed by atoms with Crippen LogP contribution in [0.25, 0.3) is 0 Å². The fourth-order valence-electron chi connectivity index (χ4n) is 1.99. The van der Waals surface area contributed by atoms with Crippen LogP contribution < -0.4 is 10.6 Å². The molecule has 1 aromatic rings. The molecule has 1 fully saturated rings. The molecule has 2 atom stereocenters. The van der Waals surface area contributed by atoms with E-state index in [2.05, 4.69) is 22.5 Å². The number of aryl methyl sites for hydroxylation is 1. The molecule has 5 heteroatoms. The van der Waals surface area contributed by atoms with E-state index in [-0.39, 0.29) is 11.9 Å². The lowest BCUT2D eigenvalue weighted by Gasteiger charge is -2.30. The van der Waals surface area contributed by atoms with E-state index in [0.29, 0.717) is 6.04 Å². The van der Waals surface area contributed by atoms with Gasteiger partial charge in [-0.1, -0.05) is 0 Å². The molecular weight excluding hydrogens is 222 g/mol. The molecule has 1 amide bonds. The topological polar surface area (TPSA) is 54.0 Å². The molecule has 2 N–H and O–H groups in total. The SMILES string of the molecule is Cc1ncsc1C(=O)NC1CCCNC1C. The Bertz CT molecular complexity index is 377. The molecule has 4 nitrogen and oxygen atoms in total. The molecule has 16 heavy (non-hydrogen) atoms. The smallest absolute Gasteiger partial charge is 0.263 e. The van der Waals surface area contributed by atoms with Crippen LogP contribution in [0.2, 0.25) is 0 Å². The standard InChI is InChI=1S/C11H17N3OS/c1-7-9(4-3-5-12-7)14-11(15)10-8(2)13-6-16-10/h6-7,9,12H,3-5H2,1-2H3,(H,14,15). The Hall–Kier alpha value is -0.940. The maximum atomic E-state index is 12.0. The summed E-state index contributed by atoms with van der Waals surface area (Å²) in [4.78, 5) is 16.8. The summed E-state index contributed by atoms with van der Waals surface area (Å²) >= 11 is 1.40. The highest BCUT2D eigenvalue weighted by Crippen LogP contribution is 2.14. The number of carbonyl (C=O) groups excluding carboxylic acids is 1. The molecule has 2 heterocycles. The van der Waals surface area contributed by atoms with Gasteiger partial charge in [-0.2, -0.15) is 0 Å². The van der Waals surface area contributed by atoms with Gasteiger partial charge in [0.15, 0.2) is 0 Å². The van der Waals surface area contributed by atoms with Crippen molar-refractivity contribution in [2.45, 2.75) is 38.8 Å². The molecule has 0 radical (unpaired) electrons. The molecule has 2 rings (SSSR count). The molecule has 0 aromatic carbocycles. The number of piperidine rings is 1. The van der Waals surface area contributed by atoms with Gasteiger partial charge < -0.3 is 10.6 Å². The Morgan fingerprint density at radius 3 is 3.12 bits per heavy atom. The Kier molecular flexibility index (Phi) is 3.56. The first kappa shape index (κ1) is 11.5. The highest BCUT2D eigenvalue weighted by atomic mass is 32.1. The van der Waals surface area contributed by atoms with Gasteiger partial charge in [0.05, 0.1) is 11.2 Å². The molecule has 1 aromatic heterocycles. The van der Waals surface area contributed by atoms with Crippen LogP contribution in [0.15, 0.2) is 5.51 Å². The van der Waals surface area contributed by atoms with Crippen molar-refractivity contribution in [1.29, 1.82) is 0 Å². The number of rotatable bonds is 2. The third-order valence-electron chi connectivity index (χ3n) is 3.03. The zero-order valence-corrected chi connectivity index (χ0v) is 10.4. The molecule has 1 aliphatic heterocycles. The lowest BCUT2D eigenvalue weighted by atomic mass is 10.00. The van der Waals surface area contributed by atoms with E-state index < -0.39 is 0 Å². The lowest BCUT2D eigenvalue weighted by molar-refractivity contribution is 0.0923. The predicted octanol–water partition coefficient (Wildman–Crippen LogP) is 1.32. The minimum absolute atomic E-state index is 0.0144. The first-order chi connectivity index (χ1) is 7.68. The number of amides is 1. The second-order valence-electron chi connectivity index (χ2n) is 4.23. The third-order valence-corrected chi connectivity index (χ3v) is 3.96. The second kappa shape index (κ2) is 4.93. The van der Waals surface area contributed by atoms with Gasteiger partial charge in [-0.05, 0) is 33.2 Å². The van der Waals surface area contributed by atoms with Crippen molar-refractivity contribution in [1.82, 2.24) is 15.6 Å². The zero-order chi connectivity index (χ0) is 11.5. The van der Waals surface area contributed by atoms with Crippen molar-refractivity contribution in [2.24, 2.45) is 0 Å². The summed E-state index contributed by atoms with van der Waals surface area (Å²) in [5.74, 6) is 0.0144. The molecule has 88 valence electrons. The predicted molar refractivity (Wildman–Crippen MR) is 64.8 cm³/mol. The van der Waals surface area contributed by atoms with E-state index in [1.54, 1.807) is 5.51 Å². The number of hydrogen-bond donors (Lipinski definition) is 2. The van der Waals surface area contributed by atoms with E-state index >= 15 is 0 Å². The average molecular weight is 239 g/mol. The minimum Gasteiger partial charge on any atom is -0.347 e. The van der Waals surface area contributed by atoms with Gasteiger partial charge in [0.25, 0.3) is 5.91 Å². The van der Waals surface area contributed by atoms with Crippen LogP contribution in [-0.2, 0) is 0 Å². The molecule has 0 spiro atoms. The van der Waals surface area contributed by atoms with Crippen molar-refractivity contribution in [3.63, 3.8) is 0 Å². The zero-order valence-electron chi connectivity index (χ0n) is 9.62. The molecule has 2 unspecified atom stereocenters. The Labute approximate surface area is 99.5 Å². The summed E-state index contributed by atoms with van der Waals surface area (Å²) in [6.45, 7) is 5.03. The van der Waals surface area contributed by atoms with Gasteiger partial charge in [0, 0.05) is 12.1 Å². The van der Waals surface area contributed by atoms with E-state index in [4.69, 9.17) is 0 Å². The Balaban J connectivity index is 1.99. The van der Waals surface area contributed by atoms with Gasteiger partial charge in [-0.15, -0.1) is 11.3 Å². The summed E-state index contributed by atoms with van der Waals surface area (Å²) in [6, 6.07) is 0.591. The summed E-state index contributed by atoms with van der Waals surface area (Å²) in [7, 11) is 0. The highest BCUT2D eigenvalue weighted by molar-refractivity contribution is 7.11. The maximum absolute atomic E-state index is 12.0. The largest absolute Gasteiger partial charge is 0.347 e. The van der Waals surface area contributed by atoms with E-state index in [9.17, 15) is 4.79 Å². The van der Waals surface area contributed by atoms with Gasteiger partial charge in [0.2, 0.25) is 0 Å². The highest BCUT2D eigenvalue weighted by Gasteiger charge is 2.23. The van der Waals surface area contributed by atoms with E-state index in [1.165, 1.54) is 11.3 Å². The number of thiazole rings is 1. The number of aromatic nitrogens is 1. The van der Waals surface area contributed by atoms with Crippen LogP contribution in [0.4, 0.5) is 0 Å². The third kappa shape index (κ3) is 2.41. The van der Waals surface area contributed by atoms with Crippen molar-refractivity contribution >= 4 is 17.2 Å². The first-order valence-electron chi connectivity index (χ1n) is 5.63. The van der Waals surface area contributed by atoms with Crippen molar-refractivity contribution in [2.75, 3.05) is 6.54 Å². The number of carbonyl (C=O) groups is 1. The van der Waals surface area contributed by atoms with Crippen molar-refractivity contribution < 1.29 is 4.79 Å². The Morgan fingerprint density at radius 1 is 1.69 bits per heavy atom. The van der Waals surface area contributed by atoms with Crippen molar-refractivity contribution in [3.8, 4) is 0 Å². The number of hydrogen-bond acceptors (Lipinski definition) is 4. The van der Waals surface area contributed by atoms with Gasteiger partial charge >= 0.3 is 0 Å². The maximum Gasteiger partial charge on any atom is 0.263 e. The minimum atomic E-state index is 0.0144.